The van der Waals surface area contributed by atoms with Crippen molar-refractivity contribution in [2.24, 2.45) is 5.11 Å². The Bertz CT molecular complexity index is 403. The molecule has 0 aromatic heterocycles. The fraction of sp³-hybridized carbons (Fsp3) is 0.333. The Hall–Kier alpha value is -1.93. The molecule has 16 heavy (non-hydrogen) atoms. The molecule has 0 heterocycles. The van der Waals surface area contributed by atoms with E-state index in [1.807, 2.05) is 32.3 Å². The Morgan fingerprint density at radius 2 is 2.12 bits per heavy atom. The zero-order chi connectivity index (χ0) is 11.8. The van der Waals surface area contributed by atoms with Crippen LogP contribution in [0.15, 0.2) is 35.5 Å². The third kappa shape index (κ3) is 3.67. The first-order chi connectivity index (χ1) is 7.75. The zero-order valence-corrected chi connectivity index (χ0v) is 9.67. The molecule has 0 atom stereocenters. The minimum atomic E-state index is 0.511. The molecule has 0 N–H and O–H groups in total. The van der Waals surface area contributed by atoms with Gasteiger partial charge in [0.05, 0.1) is 0 Å². The summed E-state index contributed by atoms with van der Waals surface area (Å²) in [7, 11) is 4.04. The summed E-state index contributed by atoms with van der Waals surface area (Å²) in [5.41, 5.74) is 10.5. The van der Waals surface area contributed by atoms with Crippen LogP contribution >= 0.6 is 0 Å². The monoisotopic (exact) mass is 216 g/mol. The number of hydrogen-bond donors (Lipinski definition) is 0. The average molecular weight is 216 g/mol. The van der Waals surface area contributed by atoms with Crippen molar-refractivity contribution in [2.45, 2.75) is 6.42 Å². The van der Waals surface area contributed by atoms with E-state index in [1.54, 1.807) is 0 Å². The van der Waals surface area contributed by atoms with E-state index in [4.69, 9.17) is 5.53 Å². The van der Waals surface area contributed by atoms with Gasteiger partial charge < -0.3 is 4.90 Å². The summed E-state index contributed by atoms with van der Waals surface area (Å²) in [6, 6.07) is 8.18. The SMILES string of the molecule is CN(C)c1ccccc1C=CCCN=[N+]=[N-]. The first kappa shape index (κ1) is 12.1. The summed E-state index contributed by atoms with van der Waals surface area (Å²) in [5, 5.41) is 3.48. The highest BCUT2D eigenvalue weighted by atomic mass is 15.1. The molecule has 0 aliphatic heterocycles. The van der Waals surface area contributed by atoms with Crippen LogP contribution < -0.4 is 4.90 Å². The van der Waals surface area contributed by atoms with Gasteiger partial charge in [-0.05, 0) is 23.6 Å². The van der Waals surface area contributed by atoms with Gasteiger partial charge in [0.2, 0.25) is 0 Å². The fourth-order valence-electron chi connectivity index (χ4n) is 1.42. The maximum atomic E-state index is 8.13. The molecular weight excluding hydrogens is 200 g/mol. The van der Waals surface area contributed by atoms with Crippen LogP contribution in [0.4, 0.5) is 5.69 Å². The minimum Gasteiger partial charge on any atom is -0.377 e. The second-order valence-corrected chi connectivity index (χ2v) is 3.60. The van der Waals surface area contributed by atoms with Gasteiger partial charge in [-0.1, -0.05) is 35.5 Å². The van der Waals surface area contributed by atoms with Gasteiger partial charge in [0.1, 0.15) is 0 Å². The van der Waals surface area contributed by atoms with Crippen LogP contribution in [0.2, 0.25) is 0 Å². The number of nitrogens with zero attached hydrogens (tertiary/aromatic N) is 4. The van der Waals surface area contributed by atoms with E-state index < -0.39 is 0 Å². The lowest BCUT2D eigenvalue weighted by atomic mass is 10.1. The molecule has 1 rings (SSSR count). The van der Waals surface area contributed by atoms with Crippen molar-refractivity contribution in [1.82, 2.24) is 0 Å². The standard InChI is InChI=1S/C12H16N4/c1-16(2)12-9-4-3-7-11(12)8-5-6-10-14-15-13/h3-5,7-9H,6,10H2,1-2H3. The average Bonchev–Trinajstić information content (AvgIpc) is 2.29. The Balaban J connectivity index is 2.68. The summed E-state index contributed by atoms with van der Waals surface area (Å²) in [4.78, 5) is 4.79. The van der Waals surface area contributed by atoms with Crippen LogP contribution in [0.5, 0.6) is 0 Å². The lowest BCUT2D eigenvalue weighted by Crippen LogP contribution is -2.09. The molecule has 0 bridgehead atoms. The minimum absolute atomic E-state index is 0.511. The highest BCUT2D eigenvalue weighted by Gasteiger charge is 1.98. The molecule has 0 saturated heterocycles. The van der Waals surface area contributed by atoms with Crippen molar-refractivity contribution in [1.29, 1.82) is 0 Å². The third-order valence-electron chi connectivity index (χ3n) is 2.17. The molecule has 0 radical (unpaired) electrons. The molecule has 0 aliphatic rings. The quantitative estimate of drug-likeness (QED) is 0.322. The summed E-state index contributed by atoms with van der Waals surface area (Å²) in [5.74, 6) is 0. The second-order valence-electron chi connectivity index (χ2n) is 3.60. The molecule has 0 fully saturated rings. The molecule has 0 unspecified atom stereocenters. The Labute approximate surface area is 95.8 Å². The molecular formula is C12H16N4. The van der Waals surface area contributed by atoms with Gasteiger partial charge in [0, 0.05) is 31.2 Å². The predicted octanol–water partition coefficient (Wildman–Crippen LogP) is 3.47. The number of rotatable bonds is 5. The van der Waals surface area contributed by atoms with Crippen LogP contribution in [0.3, 0.4) is 0 Å². The van der Waals surface area contributed by atoms with Crippen LogP contribution in [0, 0.1) is 0 Å². The topological polar surface area (TPSA) is 52.0 Å². The van der Waals surface area contributed by atoms with Crippen molar-refractivity contribution in [3.63, 3.8) is 0 Å². The molecule has 0 aliphatic carbocycles. The summed E-state index contributed by atoms with van der Waals surface area (Å²) >= 11 is 0. The molecule has 1 aromatic rings. The van der Waals surface area contributed by atoms with Crippen molar-refractivity contribution < 1.29 is 0 Å². The van der Waals surface area contributed by atoms with Crippen molar-refractivity contribution in [3.8, 4) is 0 Å². The Kier molecular flexibility index (Phi) is 4.96. The zero-order valence-electron chi connectivity index (χ0n) is 9.67. The lowest BCUT2D eigenvalue weighted by molar-refractivity contribution is 0.995. The number of anilines is 1. The van der Waals surface area contributed by atoms with Crippen LogP contribution in [0.25, 0.3) is 16.5 Å². The first-order valence-corrected chi connectivity index (χ1v) is 5.19. The van der Waals surface area contributed by atoms with Gasteiger partial charge in [-0.2, -0.15) is 0 Å². The molecule has 4 nitrogen and oxygen atoms in total. The highest BCUT2D eigenvalue weighted by Crippen LogP contribution is 2.19. The van der Waals surface area contributed by atoms with Gasteiger partial charge in [0.25, 0.3) is 0 Å². The lowest BCUT2D eigenvalue weighted by Gasteiger charge is -2.15. The van der Waals surface area contributed by atoms with Crippen molar-refractivity contribution in [3.05, 3.63) is 46.3 Å². The number of benzene rings is 1. The van der Waals surface area contributed by atoms with Crippen LogP contribution in [0.1, 0.15) is 12.0 Å². The van der Waals surface area contributed by atoms with E-state index in [9.17, 15) is 0 Å². The molecule has 0 spiro atoms. The molecule has 84 valence electrons. The number of para-hydroxylation sites is 1. The van der Waals surface area contributed by atoms with Gasteiger partial charge in [-0.25, -0.2) is 0 Å². The first-order valence-electron chi connectivity index (χ1n) is 5.19. The van der Waals surface area contributed by atoms with Gasteiger partial charge in [-0.3, -0.25) is 0 Å². The van der Waals surface area contributed by atoms with Gasteiger partial charge in [-0.15, -0.1) is 0 Å². The van der Waals surface area contributed by atoms with E-state index in [2.05, 4.69) is 33.1 Å². The largest absolute Gasteiger partial charge is 0.377 e. The maximum Gasteiger partial charge on any atom is 0.0434 e. The number of hydrogen-bond acceptors (Lipinski definition) is 2. The van der Waals surface area contributed by atoms with Crippen molar-refractivity contribution >= 4 is 11.8 Å². The molecule has 4 heteroatoms. The van der Waals surface area contributed by atoms with E-state index in [0.29, 0.717) is 6.54 Å². The third-order valence-corrected chi connectivity index (χ3v) is 2.17. The molecule has 1 aromatic carbocycles. The maximum absolute atomic E-state index is 8.13. The Morgan fingerprint density at radius 1 is 1.38 bits per heavy atom. The highest BCUT2D eigenvalue weighted by molar-refractivity contribution is 5.67. The van der Waals surface area contributed by atoms with Crippen LogP contribution in [-0.2, 0) is 0 Å². The van der Waals surface area contributed by atoms with Crippen molar-refractivity contribution in [2.75, 3.05) is 25.5 Å². The summed E-state index contributed by atoms with van der Waals surface area (Å²) < 4.78 is 0. The molecule has 0 saturated carbocycles. The normalized spacial score (nSPS) is 10.1. The summed E-state index contributed by atoms with van der Waals surface area (Å²) in [6.45, 7) is 0.511. The van der Waals surface area contributed by atoms with E-state index >= 15 is 0 Å². The van der Waals surface area contributed by atoms with Crippen LogP contribution in [-0.4, -0.2) is 20.6 Å². The second kappa shape index (κ2) is 6.53. The smallest absolute Gasteiger partial charge is 0.0434 e. The van der Waals surface area contributed by atoms with Gasteiger partial charge in [0.15, 0.2) is 0 Å². The van der Waals surface area contributed by atoms with E-state index in [0.717, 1.165) is 6.42 Å². The van der Waals surface area contributed by atoms with Gasteiger partial charge >= 0.3 is 0 Å². The fourth-order valence-corrected chi connectivity index (χ4v) is 1.42. The Morgan fingerprint density at radius 3 is 2.81 bits per heavy atom. The van der Waals surface area contributed by atoms with E-state index in [-0.39, 0.29) is 0 Å². The summed E-state index contributed by atoms with van der Waals surface area (Å²) in [6.07, 6.45) is 4.85. The van der Waals surface area contributed by atoms with E-state index in [1.165, 1.54) is 11.3 Å². The molecule has 0 amide bonds. The predicted molar refractivity (Wildman–Crippen MR) is 68.4 cm³/mol. The number of azide groups is 1.